The number of anilines is 1. The first-order valence-electron chi connectivity index (χ1n) is 9.62. The van der Waals surface area contributed by atoms with Crippen molar-refractivity contribution < 1.29 is 23.1 Å². The number of aromatic nitrogens is 1. The molecule has 0 fully saturated rings. The highest BCUT2D eigenvalue weighted by molar-refractivity contribution is 5.92. The Hall–Kier alpha value is -2.94. The molecule has 0 radical (unpaired) electrons. The van der Waals surface area contributed by atoms with Gasteiger partial charge >= 0.3 is 6.03 Å². The van der Waals surface area contributed by atoms with E-state index in [1.165, 1.54) is 4.90 Å². The van der Waals surface area contributed by atoms with Gasteiger partial charge in [-0.1, -0.05) is 0 Å². The highest BCUT2D eigenvalue weighted by atomic mass is 19.1. The van der Waals surface area contributed by atoms with Gasteiger partial charge in [0, 0.05) is 44.7 Å². The van der Waals surface area contributed by atoms with Crippen LogP contribution in [0.2, 0.25) is 0 Å². The third kappa shape index (κ3) is 6.28. The van der Waals surface area contributed by atoms with E-state index in [1.807, 2.05) is 29.9 Å². The number of nitrogens with one attached hydrogen (secondary N) is 1. The Labute approximate surface area is 175 Å². The molecule has 0 aliphatic heterocycles. The standard InChI is InChI=1S/C21H28F2N4O3/c1-15(2)27(21(29)24-19-8-7-16(22)12-18(19)23)14-20(28)26(10-11-30-4)13-17-6-5-9-25(17)3/h5-9,12,15H,10-11,13-14H2,1-4H3,(H,24,29). The summed E-state index contributed by atoms with van der Waals surface area (Å²) >= 11 is 0. The zero-order valence-electron chi connectivity index (χ0n) is 17.7. The summed E-state index contributed by atoms with van der Waals surface area (Å²) < 4.78 is 34.0. The molecule has 2 aromatic rings. The van der Waals surface area contributed by atoms with E-state index in [-0.39, 0.29) is 24.2 Å². The number of ether oxygens (including phenoxy) is 1. The lowest BCUT2D eigenvalue weighted by Crippen LogP contribution is -2.48. The number of hydrogen-bond acceptors (Lipinski definition) is 3. The number of aryl methyl sites for hydroxylation is 1. The van der Waals surface area contributed by atoms with Crippen molar-refractivity contribution in [1.29, 1.82) is 0 Å². The second kappa shape index (κ2) is 10.7. The number of methoxy groups -OCH3 is 1. The van der Waals surface area contributed by atoms with E-state index >= 15 is 0 Å². The first-order valence-corrected chi connectivity index (χ1v) is 9.62. The van der Waals surface area contributed by atoms with Gasteiger partial charge in [0.15, 0.2) is 0 Å². The molecule has 1 heterocycles. The third-order valence-electron chi connectivity index (χ3n) is 4.68. The van der Waals surface area contributed by atoms with Gasteiger partial charge in [-0.15, -0.1) is 0 Å². The Bertz CT molecular complexity index is 870. The molecule has 1 aromatic carbocycles. The molecule has 0 spiro atoms. The van der Waals surface area contributed by atoms with Crippen molar-refractivity contribution in [2.75, 3.05) is 32.1 Å². The van der Waals surface area contributed by atoms with Gasteiger partial charge in [-0.3, -0.25) is 4.79 Å². The van der Waals surface area contributed by atoms with Crippen molar-refractivity contribution >= 4 is 17.6 Å². The molecule has 164 valence electrons. The fraction of sp³-hybridized carbons (Fsp3) is 0.429. The van der Waals surface area contributed by atoms with Crippen LogP contribution < -0.4 is 5.32 Å². The monoisotopic (exact) mass is 422 g/mol. The van der Waals surface area contributed by atoms with E-state index in [1.54, 1.807) is 25.9 Å². The highest BCUT2D eigenvalue weighted by Gasteiger charge is 2.24. The fourth-order valence-electron chi connectivity index (χ4n) is 2.86. The summed E-state index contributed by atoms with van der Waals surface area (Å²) in [6.45, 7) is 4.40. The molecule has 9 heteroatoms. The predicted octanol–water partition coefficient (Wildman–Crippen LogP) is 3.22. The lowest BCUT2D eigenvalue weighted by atomic mass is 10.2. The topological polar surface area (TPSA) is 66.8 Å². The van der Waals surface area contributed by atoms with Gasteiger partial charge < -0.3 is 24.4 Å². The minimum absolute atomic E-state index is 0.153. The van der Waals surface area contributed by atoms with Crippen LogP contribution in [0.5, 0.6) is 0 Å². The Morgan fingerprint density at radius 2 is 1.97 bits per heavy atom. The molecule has 2 rings (SSSR count). The molecule has 3 amide bonds. The molecule has 7 nitrogen and oxygen atoms in total. The number of halogens is 2. The van der Waals surface area contributed by atoms with Crippen molar-refractivity contribution in [3.8, 4) is 0 Å². The average molecular weight is 422 g/mol. The van der Waals surface area contributed by atoms with Crippen molar-refractivity contribution in [3.05, 3.63) is 53.9 Å². The van der Waals surface area contributed by atoms with E-state index in [2.05, 4.69) is 5.32 Å². The summed E-state index contributed by atoms with van der Waals surface area (Å²) in [5.41, 5.74) is 0.785. The Balaban J connectivity index is 2.12. The molecule has 0 aliphatic carbocycles. The van der Waals surface area contributed by atoms with E-state index < -0.39 is 17.7 Å². The molecule has 0 atom stereocenters. The quantitative estimate of drug-likeness (QED) is 0.675. The summed E-state index contributed by atoms with van der Waals surface area (Å²) in [4.78, 5) is 28.6. The number of nitrogens with zero attached hydrogens (tertiary/aromatic N) is 3. The van der Waals surface area contributed by atoms with Gasteiger partial charge in [0.2, 0.25) is 5.91 Å². The summed E-state index contributed by atoms with van der Waals surface area (Å²) in [6.07, 6.45) is 1.89. The maximum absolute atomic E-state index is 13.9. The van der Waals surface area contributed by atoms with Crippen LogP contribution in [0.25, 0.3) is 0 Å². The number of rotatable bonds is 9. The van der Waals surface area contributed by atoms with E-state index in [0.717, 1.165) is 17.8 Å². The SMILES string of the molecule is COCCN(Cc1cccn1C)C(=O)CN(C(=O)Nc1ccc(F)cc1F)C(C)C. The van der Waals surface area contributed by atoms with Crippen LogP contribution in [0, 0.1) is 11.6 Å². The first-order chi connectivity index (χ1) is 14.2. The van der Waals surface area contributed by atoms with Crippen molar-refractivity contribution in [2.24, 2.45) is 7.05 Å². The van der Waals surface area contributed by atoms with Crippen LogP contribution in [0.15, 0.2) is 36.5 Å². The largest absolute Gasteiger partial charge is 0.383 e. The Kier molecular flexibility index (Phi) is 8.35. The van der Waals surface area contributed by atoms with Gasteiger partial charge in [-0.2, -0.15) is 0 Å². The third-order valence-corrected chi connectivity index (χ3v) is 4.68. The molecule has 1 aromatic heterocycles. The molecule has 30 heavy (non-hydrogen) atoms. The first kappa shape index (κ1) is 23.3. The highest BCUT2D eigenvalue weighted by Crippen LogP contribution is 2.16. The van der Waals surface area contributed by atoms with Gasteiger partial charge in [0.1, 0.15) is 18.2 Å². The average Bonchev–Trinajstić information content (AvgIpc) is 3.09. The maximum Gasteiger partial charge on any atom is 0.322 e. The zero-order valence-corrected chi connectivity index (χ0v) is 17.7. The van der Waals surface area contributed by atoms with Crippen LogP contribution in [0.3, 0.4) is 0 Å². The lowest BCUT2D eigenvalue weighted by Gasteiger charge is -2.30. The molecular weight excluding hydrogens is 394 g/mol. The number of amides is 3. The van der Waals surface area contributed by atoms with Gasteiger partial charge in [-0.05, 0) is 38.1 Å². The minimum Gasteiger partial charge on any atom is -0.383 e. The van der Waals surface area contributed by atoms with Crippen LogP contribution in [0.4, 0.5) is 19.3 Å². The second-order valence-corrected chi connectivity index (χ2v) is 7.19. The summed E-state index contributed by atoms with van der Waals surface area (Å²) in [5.74, 6) is -1.89. The maximum atomic E-state index is 13.9. The van der Waals surface area contributed by atoms with Crippen molar-refractivity contribution in [2.45, 2.75) is 26.4 Å². The molecule has 0 bridgehead atoms. The lowest BCUT2D eigenvalue weighted by molar-refractivity contribution is -0.133. The van der Waals surface area contributed by atoms with E-state index in [4.69, 9.17) is 4.74 Å². The summed E-state index contributed by atoms with van der Waals surface area (Å²) in [6, 6.07) is 5.72. The zero-order chi connectivity index (χ0) is 22.3. The van der Waals surface area contributed by atoms with Crippen LogP contribution in [0.1, 0.15) is 19.5 Å². The summed E-state index contributed by atoms with van der Waals surface area (Å²) in [7, 11) is 3.44. The summed E-state index contributed by atoms with van der Waals surface area (Å²) in [5, 5.41) is 2.41. The number of hydrogen-bond donors (Lipinski definition) is 1. The van der Waals surface area contributed by atoms with Crippen molar-refractivity contribution in [1.82, 2.24) is 14.4 Å². The predicted molar refractivity (Wildman–Crippen MR) is 110 cm³/mol. The Morgan fingerprint density at radius 3 is 2.53 bits per heavy atom. The smallest absolute Gasteiger partial charge is 0.322 e. The van der Waals surface area contributed by atoms with E-state index in [0.29, 0.717) is 25.8 Å². The van der Waals surface area contributed by atoms with Gasteiger partial charge in [-0.25, -0.2) is 13.6 Å². The molecule has 0 aliphatic rings. The number of carbonyl (C=O) groups is 2. The molecule has 0 unspecified atom stereocenters. The number of carbonyl (C=O) groups excluding carboxylic acids is 2. The van der Waals surface area contributed by atoms with Crippen molar-refractivity contribution in [3.63, 3.8) is 0 Å². The van der Waals surface area contributed by atoms with E-state index in [9.17, 15) is 18.4 Å². The molecular formula is C21H28F2N4O3. The second-order valence-electron chi connectivity index (χ2n) is 7.19. The number of urea groups is 1. The van der Waals surface area contributed by atoms with Gasteiger partial charge in [0.25, 0.3) is 0 Å². The molecule has 1 N–H and O–H groups in total. The fourth-order valence-corrected chi connectivity index (χ4v) is 2.86. The number of benzene rings is 1. The van der Waals surface area contributed by atoms with Crippen LogP contribution >= 0.6 is 0 Å². The minimum atomic E-state index is -0.885. The molecule has 0 saturated heterocycles. The van der Waals surface area contributed by atoms with Crippen LogP contribution in [-0.2, 0) is 23.1 Å². The van der Waals surface area contributed by atoms with Gasteiger partial charge in [0.05, 0.1) is 18.8 Å². The van der Waals surface area contributed by atoms with Crippen LogP contribution in [-0.4, -0.2) is 59.2 Å². The normalized spacial score (nSPS) is 10.9. The Morgan fingerprint density at radius 1 is 1.23 bits per heavy atom. The molecule has 0 saturated carbocycles.